The van der Waals surface area contributed by atoms with Gasteiger partial charge in [0, 0.05) is 18.0 Å². The molecule has 18 heavy (non-hydrogen) atoms. The van der Waals surface area contributed by atoms with Gasteiger partial charge in [0.05, 0.1) is 24.1 Å². The number of carbonyl (C=O) groups is 1. The molecule has 2 rings (SSSR count). The molecule has 0 N–H and O–H groups in total. The molecule has 0 fully saturated rings. The van der Waals surface area contributed by atoms with Crippen molar-refractivity contribution in [3.05, 3.63) is 40.2 Å². The zero-order chi connectivity index (χ0) is 13.1. The first kappa shape index (κ1) is 12.7. The molecule has 0 spiro atoms. The Morgan fingerprint density at radius 3 is 2.72 bits per heavy atom. The molecule has 4 nitrogen and oxygen atoms in total. The van der Waals surface area contributed by atoms with E-state index in [9.17, 15) is 4.79 Å². The third kappa shape index (κ3) is 2.42. The second-order valence-electron chi connectivity index (χ2n) is 3.83. The first-order chi connectivity index (χ1) is 8.63. The van der Waals surface area contributed by atoms with Crippen LogP contribution in [0.4, 0.5) is 0 Å². The van der Waals surface area contributed by atoms with Crippen molar-refractivity contribution in [2.45, 2.75) is 6.92 Å². The molecular weight excluding hydrogens is 248 g/mol. The van der Waals surface area contributed by atoms with E-state index in [0.29, 0.717) is 11.3 Å². The van der Waals surface area contributed by atoms with E-state index in [4.69, 9.17) is 4.84 Å². The highest BCUT2D eigenvalue weighted by atomic mass is 32.1. The molecule has 0 bridgehead atoms. The summed E-state index contributed by atoms with van der Waals surface area (Å²) in [4.78, 5) is 21.3. The number of pyridine rings is 1. The van der Waals surface area contributed by atoms with Gasteiger partial charge in [-0.15, -0.1) is 0 Å². The second kappa shape index (κ2) is 5.29. The molecule has 2 aromatic rings. The largest absolute Gasteiger partial charge is 0.278 e. The second-order valence-corrected chi connectivity index (χ2v) is 4.61. The average Bonchev–Trinajstić information content (AvgIpc) is 2.90. The Labute approximate surface area is 110 Å². The maximum Gasteiger partial charge on any atom is 0.278 e. The van der Waals surface area contributed by atoms with Gasteiger partial charge in [0.1, 0.15) is 0 Å². The lowest BCUT2D eigenvalue weighted by Gasteiger charge is -2.15. The van der Waals surface area contributed by atoms with E-state index in [1.165, 1.54) is 12.2 Å². The molecule has 0 aliphatic rings. The van der Waals surface area contributed by atoms with E-state index in [1.807, 2.05) is 29.8 Å². The molecule has 0 aliphatic heterocycles. The van der Waals surface area contributed by atoms with Crippen molar-refractivity contribution in [2.75, 3.05) is 14.2 Å². The molecule has 0 saturated heterocycles. The van der Waals surface area contributed by atoms with Gasteiger partial charge in [0.25, 0.3) is 5.91 Å². The molecule has 2 aromatic heterocycles. The lowest BCUT2D eigenvalue weighted by atomic mass is 10.1. The number of aromatic nitrogens is 1. The minimum absolute atomic E-state index is 0.195. The first-order valence-electron chi connectivity index (χ1n) is 5.46. The summed E-state index contributed by atoms with van der Waals surface area (Å²) in [6.45, 7) is 1.83. The summed E-state index contributed by atoms with van der Waals surface area (Å²) in [5.74, 6) is -0.195. The maximum atomic E-state index is 12.0. The van der Waals surface area contributed by atoms with Crippen LogP contribution in [0.25, 0.3) is 11.3 Å². The number of carbonyl (C=O) groups excluding carboxylic acids is 1. The monoisotopic (exact) mass is 262 g/mol. The highest BCUT2D eigenvalue weighted by molar-refractivity contribution is 7.08. The van der Waals surface area contributed by atoms with Crippen molar-refractivity contribution in [2.24, 2.45) is 0 Å². The van der Waals surface area contributed by atoms with Crippen LogP contribution in [-0.2, 0) is 4.84 Å². The van der Waals surface area contributed by atoms with Crippen molar-refractivity contribution in [3.63, 3.8) is 0 Å². The van der Waals surface area contributed by atoms with Gasteiger partial charge < -0.3 is 0 Å². The van der Waals surface area contributed by atoms with Crippen LogP contribution in [-0.4, -0.2) is 30.1 Å². The Kier molecular flexibility index (Phi) is 3.74. The van der Waals surface area contributed by atoms with Gasteiger partial charge in [-0.2, -0.15) is 11.3 Å². The number of hydrogen-bond donors (Lipinski definition) is 0. The Morgan fingerprint density at radius 1 is 1.39 bits per heavy atom. The lowest BCUT2D eigenvalue weighted by Crippen LogP contribution is -2.26. The molecular formula is C13H14N2O2S. The van der Waals surface area contributed by atoms with Crippen molar-refractivity contribution in [3.8, 4) is 11.3 Å². The predicted molar refractivity (Wildman–Crippen MR) is 71.4 cm³/mol. The van der Waals surface area contributed by atoms with Crippen LogP contribution in [0.5, 0.6) is 0 Å². The third-order valence-electron chi connectivity index (χ3n) is 2.69. The Morgan fingerprint density at radius 2 is 2.17 bits per heavy atom. The number of thiophene rings is 1. The van der Waals surface area contributed by atoms with Gasteiger partial charge in [-0.25, -0.2) is 5.06 Å². The standard InChI is InChI=1S/C13H14N2O2S/c1-9-11(13(16)15(2)17-3)4-5-12(14-9)10-6-7-18-8-10/h4-8H,1-3H3. The maximum absolute atomic E-state index is 12.0. The smallest absolute Gasteiger partial charge is 0.274 e. The quantitative estimate of drug-likeness (QED) is 0.799. The van der Waals surface area contributed by atoms with E-state index in [0.717, 1.165) is 11.3 Å². The summed E-state index contributed by atoms with van der Waals surface area (Å²) < 4.78 is 0. The normalized spacial score (nSPS) is 10.4. The van der Waals surface area contributed by atoms with E-state index in [2.05, 4.69) is 4.98 Å². The van der Waals surface area contributed by atoms with E-state index in [-0.39, 0.29) is 5.91 Å². The molecule has 0 unspecified atom stereocenters. The number of amides is 1. The van der Waals surface area contributed by atoms with Gasteiger partial charge in [-0.05, 0) is 30.5 Å². The predicted octanol–water partition coefficient (Wildman–Crippen LogP) is 2.75. The molecule has 94 valence electrons. The summed E-state index contributed by atoms with van der Waals surface area (Å²) in [6, 6.07) is 5.65. The van der Waals surface area contributed by atoms with Gasteiger partial charge in [-0.1, -0.05) is 0 Å². The highest BCUT2D eigenvalue weighted by Gasteiger charge is 2.15. The molecule has 5 heteroatoms. The summed E-state index contributed by atoms with van der Waals surface area (Å²) in [7, 11) is 3.04. The fourth-order valence-corrected chi connectivity index (χ4v) is 2.26. The summed E-state index contributed by atoms with van der Waals surface area (Å²) >= 11 is 1.62. The lowest BCUT2D eigenvalue weighted by molar-refractivity contribution is -0.0757. The first-order valence-corrected chi connectivity index (χ1v) is 6.40. The Bertz CT molecular complexity index is 552. The van der Waals surface area contributed by atoms with Crippen LogP contribution in [0.3, 0.4) is 0 Å². The number of nitrogens with zero attached hydrogens (tertiary/aromatic N) is 2. The highest BCUT2D eigenvalue weighted by Crippen LogP contribution is 2.21. The van der Waals surface area contributed by atoms with Gasteiger partial charge in [-0.3, -0.25) is 14.6 Å². The van der Waals surface area contributed by atoms with Crippen molar-refractivity contribution >= 4 is 17.2 Å². The SMILES string of the molecule is CON(C)C(=O)c1ccc(-c2ccsc2)nc1C. The fourth-order valence-electron chi connectivity index (χ4n) is 1.61. The zero-order valence-electron chi connectivity index (χ0n) is 10.5. The number of hydrogen-bond acceptors (Lipinski definition) is 4. The molecule has 0 aliphatic carbocycles. The zero-order valence-corrected chi connectivity index (χ0v) is 11.3. The molecule has 0 aromatic carbocycles. The van der Waals surface area contributed by atoms with Gasteiger partial charge >= 0.3 is 0 Å². The number of hydroxylamine groups is 2. The molecule has 0 radical (unpaired) electrons. The summed E-state index contributed by atoms with van der Waals surface area (Å²) in [5.41, 5.74) is 3.21. The third-order valence-corrected chi connectivity index (χ3v) is 3.38. The van der Waals surface area contributed by atoms with Crippen molar-refractivity contribution in [1.29, 1.82) is 0 Å². The fraction of sp³-hybridized carbons (Fsp3) is 0.231. The minimum atomic E-state index is -0.195. The minimum Gasteiger partial charge on any atom is -0.274 e. The molecule has 0 atom stereocenters. The topological polar surface area (TPSA) is 42.4 Å². The number of aryl methyl sites for hydroxylation is 1. The average molecular weight is 262 g/mol. The van der Waals surface area contributed by atoms with Crippen LogP contribution in [0.15, 0.2) is 29.0 Å². The number of rotatable bonds is 3. The van der Waals surface area contributed by atoms with Gasteiger partial charge in [0.15, 0.2) is 0 Å². The molecule has 1 amide bonds. The molecule has 0 saturated carbocycles. The van der Waals surface area contributed by atoms with E-state index in [1.54, 1.807) is 24.5 Å². The van der Waals surface area contributed by atoms with Crippen LogP contribution in [0.2, 0.25) is 0 Å². The van der Waals surface area contributed by atoms with E-state index >= 15 is 0 Å². The Balaban J connectivity index is 2.34. The van der Waals surface area contributed by atoms with Crippen LogP contribution in [0, 0.1) is 6.92 Å². The van der Waals surface area contributed by atoms with Crippen LogP contribution in [0.1, 0.15) is 16.1 Å². The van der Waals surface area contributed by atoms with Crippen molar-refractivity contribution in [1.82, 2.24) is 10.0 Å². The summed E-state index contributed by atoms with van der Waals surface area (Å²) in [5, 5.41) is 5.23. The van der Waals surface area contributed by atoms with Crippen LogP contribution < -0.4 is 0 Å². The van der Waals surface area contributed by atoms with Gasteiger partial charge in [0.2, 0.25) is 0 Å². The molecule has 2 heterocycles. The Hall–Kier alpha value is -1.72. The summed E-state index contributed by atoms with van der Waals surface area (Å²) in [6.07, 6.45) is 0. The van der Waals surface area contributed by atoms with Crippen molar-refractivity contribution < 1.29 is 9.63 Å². The van der Waals surface area contributed by atoms with E-state index < -0.39 is 0 Å². The van der Waals surface area contributed by atoms with Crippen LogP contribution >= 0.6 is 11.3 Å².